The van der Waals surface area contributed by atoms with Gasteiger partial charge in [-0.1, -0.05) is 206 Å². The zero-order valence-corrected chi connectivity index (χ0v) is 32.4. The van der Waals surface area contributed by atoms with Crippen LogP contribution in [0.3, 0.4) is 0 Å². The van der Waals surface area contributed by atoms with Crippen molar-refractivity contribution in [2.75, 3.05) is 13.2 Å². The van der Waals surface area contributed by atoms with Gasteiger partial charge < -0.3 is 25.2 Å². The molecule has 5 heteroatoms. The van der Waals surface area contributed by atoms with E-state index in [0.717, 1.165) is 25.7 Å². The molecule has 4 atom stereocenters. The maximum absolute atomic E-state index is 10.8. The fourth-order valence-electron chi connectivity index (χ4n) is 7.18. The van der Waals surface area contributed by atoms with Crippen molar-refractivity contribution in [3.05, 3.63) is 0 Å². The fourth-order valence-corrected chi connectivity index (χ4v) is 7.18. The topological polar surface area (TPSA) is 90.2 Å². The first-order valence-electron chi connectivity index (χ1n) is 21.1. The summed E-state index contributed by atoms with van der Waals surface area (Å²) in [6.45, 7) is 7.53. The molecule has 0 aromatic rings. The molecule has 0 rings (SSSR count). The zero-order chi connectivity index (χ0) is 34.9. The highest BCUT2D eigenvalue weighted by Gasteiger charge is 2.43. The van der Waals surface area contributed by atoms with Crippen molar-refractivity contribution in [2.24, 2.45) is 0 Å². The van der Waals surface area contributed by atoms with Crippen molar-refractivity contribution in [1.29, 1.82) is 0 Å². The number of hydrogen-bond donors (Lipinski definition) is 4. The molecule has 0 aliphatic carbocycles. The molecule has 47 heavy (non-hydrogen) atoms. The molecule has 284 valence electrons. The predicted molar refractivity (Wildman–Crippen MR) is 203 cm³/mol. The van der Waals surface area contributed by atoms with Gasteiger partial charge in [-0.15, -0.1) is 0 Å². The van der Waals surface area contributed by atoms with Crippen molar-refractivity contribution in [3.63, 3.8) is 0 Å². The van der Waals surface area contributed by atoms with Crippen LogP contribution in [0, 0.1) is 0 Å². The van der Waals surface area contributed by atoms with Gasteiger partial charge in [-0.3, -0.25) is 0 Å². The van der Waals surface area contributed by atoms with Crippen LogP contribution in [-0.2, 0) is 4.74 Å². The molecule has 0 aromatic carbocycles. The molecule has 0 amide bonds. The molecule has 5 nitrogen and oxygen atoms in total. The van der Waals surface area contributed by atoms with Gasteiger partial charge in [0, 0.05) is 0 Å². The maximum atomic E-state index is 10.8. The Balaban J connectivity index is 4.26. The van der Waals surface area contributed by atoms with Crippen LogP contribution in [0.15, 0.2) is 0 Å². The largest absolute Gasteiger partial charge is 0.394 e. The summed E-state index contributed by atoms with van der Waals surface area (Å²) in [6, 6.07) is 0. The number of hydrogen-bond acceptors (Lipinski definition) is 5. The molecule has 4 N–H and O–H groups in total. The molecular formula is C42H86O5. The smallest absolute Gasteiger partial charge is 0.106 e. The van der Waals surface area contributed by atoms with Crippen LogP contribution in [0.5, 0.6) is 0 Å². The molecular weight excluding hydrogens is 584 g/mol. The summed E-state index contributed by atoms with van der Waals surface area (Å²) >= 11 is 0. The average molecular weight is 671 g/mol. The second-order valence-corrected chi connectivity index (χ2v) is 15.5. The molecule has 0 saturated heterocycles. The van der Waals surface area contributed by atoms with Crippen molar-refractivity contribution < 1.29 is 25.2 Å². The minimum absolute atomic E-state index is 0.375. The van der Waals surface area contributed by atoms with E-state index in [4.69, 9.17) is 4.74 Å². The van der Waals surface area contributed by atoms with Crippen molar-refractivity contribution in [1.82, 2.24) is 0 Å². The van der Waals surface area contributed by atoms with Gasteiger partial charge in [0.05, 0.1) is 24.4 Å². The molecule has 0 saturated carbocycles. The lowest BCUT2D eigenvalue weighted by molar-refractivity contribution is -0.234. The van der Waals surface area contributed by atoms with Gasteiger partial charge in [-0.2, -0.15) is 0 Å². The van der Waals surface area contributed by atoms with Gasteiger partial charge in [0.2, 0.25) is 0 Å². The first-order chi connectivity index (χ1) is 22.8. The second kappa shape index (κ2) is 33.0. The average Bonchev–Trinajstić information content (AvgIpc) is 3.07. The third-order valence-corrected chi connectivity index (χ3v) is 10.8. The normalized spacial score (nSPS) is 15.8. The highest BCUT2D eigenvalue weighted by atomic mass is 16.6. The van der Waals surface area contributed by atoms with Crippen LogP contribution in [0.1, 0.15) is 233 Å². The summed E-state index contributed by atoms with van der Waals surface area (Å²) in [5, 5.41) is 41.3. The molecule has 0 radical (unpaired) electrons. The van der Waals surface area contributed by atoms with E-state index in [9.17, 15) is 20.4 Å². The van der Waals surface area contributed by atoms with Crippen molar-refractivity contribution in [3.8, 4) is 0 Å². The van der Waals surface area contributed by atoms with Crippen LogP contribution < -0.4 is 0 Å². The third-order valence-electron chi connectivity index (χ3n) is 10.8. The number of unbranched alkanes of at least 4 members (excludes halogenated alkanes) is 28. The summed E-state index contributed by atoms with van der Waals surface area (Å²) in [4.78, 5) is 0. The number of rotatable bonds is 38. The van der Waals surface area contributed by atoms with Crippen LogP contribution in [-0.4, -0.2) is 57.0 Å². The standard InChI is InChI=1S/C42H86O5/c1-5-7-9-11-13-15-17-19-21-23-25-27-29-31-33-35-41(3,39(45)37-43)47-42(4,40(46)38-44)36-34-32-30-28-26-24-22-20-18-16-14-12-10-8-6-2/h39-40,43-46H,5-38H2,1-4H3. The quantitative estimate of drug-likeness (QED) is 0.0491. The first kappa shape index (κ1) is 46.8. The SMILES string of the molecule is CCCCCCCCCCCCCCCCCC(C)(OC(C)(CCCCCCCCCCCCCCCCC)C(O)CO)C(O)CO. The monoisotopic (exact) mass is 671 g/mol. The zero-order valence-electron chi connectivity index (χ0n) is 32.4. The fraction of sp³-hybridized carbons (Fsp3) is 1.00. The lowest BCUT2D eigenvalue weighted by atomic mass is 9.86. The van der Waals surface area contributed by atoms with Gasteiger partial charge in [0.25, 0.3) is 0 Å². The highest BCUT2D eigenvalue weighted by molar-refractivity contribution is 4.92. The van der Waals surface area contributed by atoms with Gasteiger partial charge in [0.15, 0.2) is 0 Å². The molecule has 0 aromatic heterocycles. The molecule has 0 spiro atoms. The molecule has 0 heterocycles. The molecule has 0 aliphatic rings. The summed E-state index contributed by atoms with van der Waals surface area (Å²) < 4.78 is 6.55. The Morgan fingerprint density at radius 3 is 0.745 bits per heavy atom. The van der Waals surface area contributed by atoms with E-state index in [1.54, 1.807) is 0 Å². The van der Waals surface area contributed by atoms with Crippen LogP contribution >= 0.6 is 0 Å². The minimum atomic E-state index is -1.03. The lowest BCUT2D eigenvalue weighted by Crippen LogP contribution is -2.55. The van der Waals surface area contributed by atoms with E-state index in [2.05, 4.69) is 13.8 Å². The lowest BCUT2D eigenvalue weighted by Gasteiger charge is -2.44. The Morgan fingerprint density at radius 2 is 0.553 bits per heavy atom. The van der Waals surface area contributed by atoms with Crippen molar-refractivity contribution in [2.45, 2.75) is 257 Å². The second-order valence-electron chi connectivity index (χ2n) is 15.5. The van der Waals surface area contributed by atoms with Gasteiger partial charge in [-0.05, 0) is 26.7 Å². The van der Waals surface area contributed by atoms with Crippen LogP contribution in [0.25, 0.3) is 0 Å². The number of aliphatic hydroxyl groups excluding tert-OH is 4. The van der Waals surface area contributed by atoms with Crippen LogP contribution in [0.2, 0.25) is 0 Å². The molecule has 0 bridgehead atoms. The highest BCUT2D eigenvalue weighted by Crippen LogP contribution is 2.35. The van der Waals surface area contributed by atoms with E-state index < -0.39 is 23.4 Å². The maximum Gasteiger partial charge on any atom is 0.106 e. The Morgan fingerprint density at radius 1 is 0.362 bits per heavy atom. The van der Waals surface area contributed by atoms with E-state index in [1.165, 1.54) is 167 Å². The number of aliphatic hydroxyl groups is 4. The van der Waals surface area contributed by atoms with Gasteiger partial charge in [-0.25, -0.2) is 0 Å². The van der Waals surface area contributed by atoms with E-state index in [1.807, 2.05) is 13.8 Å². The van der Waals surface area contributed by atoms with Gasteiger partial charge >= 0.3 is 0 Å². The summed E-state index contributed by atoms with van der Waals surface area (Å²) in [5.74, 6) is 0. The summed E-state index contributed by atoms with van der Waals surface area (Å²) in [5.41, 5.74) is -1.93. The Kier molecular flexibility index (Phi) is 32.8. The molecule has 0 fully saturated rings. The Bertz CT molecular complexity index is 578. The minimum Gasteiger partial charge on any atom is -0.394 e. The molecule has 0 aliphatic heterocycles. The van der Waals surface area contributed by atoms with E-state index in [0.29, 0.717) is 12.8 Å². The first-order valence-corrected chi connectivity index (χ1v) is 21.1. The Hall–Kier alpha value is -0.200. The molecule has 4 unspecified atom stereocenters. The van der Waals surface area contributed by atoms with Crippen molar-refractivity contribution >= 4 is 0 Å². The summed E-state index contributed by atoms with van der Waals surface area (Å²) in [7, 11) is 0. The van der Waals surface area contributed by atoms with E-state index >= 15 is 0 Å². The van der Waals surface area contributed by atoms with E-state index in [-0.39, 0.29) is 13.2 Å². The van der Waals surface area contributed by atoms with Crippen LogP contribution in [0.4, 0.5) is 0 Å². The van der Waals surface area contributed by atoms with Gasteiger partial charge in [0.1, 0.15) is 12.2 Å². The third kappa shape index (κ3) is 26.3. The Labute approximate surface area is 294 Å². The number of ether oxygens (including phenoxy) is 1. The summed E-state index contributed by atoms with van der Waals surface area (Å²) in [6.07, 6.45) is 38.2. The predicted octanol–water partition coefficient (Wildman–Crippen LogP) is 11.7.